The zero-order chi connectivity index (χ0) is 14.5. The highest BCUT2D eigenvalue weighted by molar-refractivity contribution is 5.95. The summed E-state index contributed by atoms with van der Waals surface area (Å²) in [6, 6.07) is 12.6. The lowest BCUT2D eigenvalue weighted by atomic mass is 10.1. The Bertz CT molecular complexity index is 626. The fraction of sp³-hybridized carbons (Fsp3) is 0.133. The number of hydrogen-bond acceptors (Lipinski definition) is 4. The number of para-hydroxylation sites is 1. The Morgan fingerprint density at radius 2 is 1.95 bits per heavy atom. The van der Waals surface area contributed by atoms with Gasteiger partial charge in [-0.3, -0.25) is 4.79 Å². The second-order valence-corrected chi connectivity index (χ2v) is 4.38. The molecular weight excluding hydrogens is 254 g/mol. The van der Waals surface area contributed by atoms with Crippen molar-refractivity contribution in [1.29, 1.82) is 0 Å². The molecule has 0 aliphatic heterocycles. The third-order valence-corrected chi connectivity index (χ3v) is 2.92. The molecule has 0 aromatic heterocycles. The molecule has 0 bridgehead atoms. The summed E-state index contributed by atoms with van der Waals surface area (Å²) >= 11 is 0. The van der Waals surface area contributed by atoms with Crippen LogP contribution in [-0.2, 0) is 11.3 Å². The molecule has 0 fully saturated rings. The summed E-state index contributed by atoms with van der Waals surface area (Å²) in [5.74, 6) is -0.488. The fourth-order valence-electron chi connectivity index (χ4n) is 1.89. The van der Waals surface area contributed by atoms with Crippen molar-refractivity contribution in [2.45, 2.75) is 6.61 Å². The highest BCUT2D eigenvalue weighted by Gasteiger charge is 2.07. The van der Waals surface area contributed by atoms with Crippen LogP contribution in [0.5, 0.6) is 0 Å². The molecule has 2 aromatic carbocycles. The summed E-state index contributed by atoms with van der Waals surface area (Å²) < 4.78 is 5.15. The van der Waals surface area contributed by atoms with E-state index in [2.05, 4.69) is 5.32 Å². The van der Waals surface area contributed by atoms with Crippen LogP contribution < -0.4 is 16.8 Å². The maximum Gasteiger partial charge on any atom is 0.248 e. The molecule has 0 radical (unpaired) electrons. The van der Waals surface area contributed by atoms with Gasteiger partial charge in [-0.1, -0.05) is 18.2 Å². The molecule has 2 aromatic rings. The Balaban J connectivity index is 2.34. The maximum atomic E-state index is 11.2. The normalized spacial score (nSPS) is 10.2. The molecular formula is C15H17N3O2. The van der Waals surface area contributed by atoms with Gasteiger partial charge in [0.15, 0.2) is 0 Å². The molecule has 5 N–H and O–H groups in total. The third kappa shape index (κ3) is 3.07. The standard InChI is InChI=1S/C15H17N3O2/c1-20-9-11-4-2-3-5-13(11)18-14-8-10(15(17)19)6-7-12(14)16/h2-8,18H,9,16H2,1H3,(H2,17,19). The molecule has 104 valence electrons. The van der Waals surface area contributed by atoms with Crippen LogP contribution in [0.25, 0.3) is 0 Å². The Morgan fingerprint density at radius 3 is 2.65 bits per heavy atom. The fourth-order valence-corrected chi connectivity index (χ4v) is 1.89. The monoisotopic (exact) mass is 271 g/mol. The lowest BCUT2D eigenvalue weighted by molar-refractivity contribution is 0.100. The van der Waals surface area contributed by atoms with Gasteiger partial charge < -0.3 is 21.5 Å². The van der Waals surface area contributed by atoms with E-state index < -0.39 is 5.91 Å². The van der Waals surface area contributed by atoms with Crippen molar-refractivity contribution in [3.05, 3.63) is 53.6 Å². The minimum absolute atomic E-state index is 0.408. The number of nitrogens with one attached hydrogen (secondary N) is 1. The zero-order valence-electron chi connectivity index (χ0n) is 11.2. The van der Waals surface area contributed by atoms with Gasteiger partial charge in [0.05, 0.1) is 18.0 Å². The van der Waals surface area contributed by atoms with Gasteiger partial charge >= 0.3 is 0 Å². The number of anilines is 3. The van der Waals surface area contributed by atoms with E-state index in [-0.39, 0.29) is 0 Å². The van der Waals surface area contributed by atoms with E-state index in [9.17, 15) is 4.79 Å². The number of carbonyl (C=O) groups is 1. The number of nitrogen functional groups attached to an aromatic ring is 1. The molecule has 5 heteroatoms. The SMILES string of the molecule is COCc1ccccc1Nc1cc(C(N)=O)ccc1N. The van der Waals surface area contributed by atoms with Crippen LogP contribution >= 0.6 is 0 Å². The van der Waals surface area contributed by atoms with E-state index in [1.165, 1.54) is 0 Å². The van der Waals surface area contributed by atoms with Crippen molar-refractivity contribution < 1.29 is 9.53 Å². The molecule has 0 aliphatic rings. The third-order valence-electron chi connectivity index (χ3n) is 2.92. The quantitative estimate of drug-likeness (QED) is 0.727. The maximum absolute atomic E-state index is 11.2. The Morgan fingerprint density at radius 1 is 1.20 bits per heavy atom. The molecule has 0 atom stereocenters. The predicted octanol–water partition coefficient (Wildman–Crippen LogP) is 2.26. The first-order valence-corrected chi connectivity index (χ1v) is 6.15. The first-order chi connectivity index (χ1) is 9.61. The number of nitrogens with two attached hydrogens (primary N) is 2. The number of carbonyl (C=O) groups excluding carboxylic acids is 1. The van der Waals surface area contributed by atoms with Crippen molar-refractivity contribution in [2.75, 3.05) is 18.2 Å². The number of amides is 1. The van der Waals surface area contributed by atoms with Gasteiger partial charge in [-0.25, -0.2) is 0 Å². The van der Waals surface area contributed by atoms with Gasteiger partial charge in [0.1, 0.15) is 0 Å². The van der Waals surface area contributed by atoms with Crippen LogP contribution in [-0.4, -0.2) is 13.0 Å². The summed E-state index contributed by atoms with van der Waals surface area (Å²) in [5, 5.41) is 3.21. The Hall–Kier alpha value is -2.53. The van der Waals surface area contributed by atoms with Crippen LogP contribution in [0.15, 0.2) is 42.5 Å². The van der Waals surface area contributed by atoms with Crippen LogP contribution in [0, 0.1) is 0 Å². The van der Waals surface area contributed by atoms with Gasteiger partial charge in [0.2, 0.25) is 5.91 Å². The van der Waals surface area contributed by atoms with Gasteiger partial charge in [-0.05, 0) is 24.3 Å². The molecule has 5 nitrogen and oxygen atoms in total. The van der Waals surface area contributed by atoms with E-state index >= 15 is 0 Å². The van der Waals surface area contributed by atoms with Crippen molar-refractivity contribution >= 4 is 23.0 Å². The molecule has 0 heterocycles. The van der Waals surface area contributed by atoms with E-state index in [4.69, 9.17) is 16.2 Å². The molecule has 0 aliphatic carbocycles. The van der Waals surface area contributed by atoms with Gasteiger partial charge in [-0.2, -0.15) is 0 Å². The summed E-state index contributed by atoms with van der Waals surface area (Å²) in [5.41, 5.74) is 14.7. The van der Waals surface area contributed by atoms with E-state index in [0.717, 1.165) is 11.3 Å². The highest BCUT2D eigenvalue weighted by atomic mass is 16.5. The largest absolute Gasteiger partial charge is 0.397 e. The van der Waals surface area contributed by atoms with Gasteiger partial charge in [0, 0.05) is 23.9 Å². The number of rotatable bonds is 5. The first-order valence-electron chi connectivity index (χ1n) is 6.15. The second kappa shape index (κ2) is 6.08. The second-order valence-electron chi connectivity index (χ2n) is 4.38. The topological polar surface area (TPSA) is 90.4 Å². The highest BCUT2D eigenvalue weighted by Crippen LogP contribution is 2.26. The number of methoxy groups -OCH3 is 1. The van der Waals surface area contributed by atoms with Crippen LogP contribution in [0.2, 0.25) is 0 Å². The van der Waals surface area contributed by atoms with E-state index in [1.807, 2.05) is 24.3 Å². The molecule has 0 unspecified atom stereocenters. The summed E-state index contributed by atoms with van der Waals surface area (Å²) in [7, 11) is 1.64. The molecule has 0 saturated carbocycles. The van der Waals surface area contributed by atoms with Crippen LogP contribution in [0.3, 0.4) is 0 Å². The van der Waals surface area contributed by atoms with Gasteiger partial charge in [0.25, 0.3) is 0 Å². The Kier molecular flexibility index (Phi) is 4.22. The van der Waals surface area contributed by atoms with E-state index in [0.29, 0.717) is 23.5 Å². The minimum atomic E-state index is -0.488. The smallest absolute Gasteiger partial charge is 0.248 e. The zero-order valence-corrected chi connectivity index (χ0v) is 11.2. The van der Waals surface area contributed by atoms with Crippen molar-refractivity contribution in [1.82, 2.24) is 0 Å². The Labute approximate surface area is 117 Å². The number of primary amides is 1. The lowest BCUT2D eigenvalue weighted by Crippen LogP contribution is -2.11. The minimum Gasteiger partial charge on any atom is -0.397 e. The van der Waals surface area contributed by atoms with E-state index in [1.54, 1.807) is 25.3 Å². The summed E-state index contributed by atoms with van der Waals surface area (Å²) in [6.07, 6.45) is 0. The van der Waals surface area contributed by atoms with Crippen molar-refractivity contribution in [3.63, 3.8) is 0 Å². The van der Waals surface area contributed by atoms with Crippen molar-refractivity contribution in [2.24, 2.45) is 5.73 Å². The average molecular weight is 271 g/mol. The molecule has 20 heavy (non-hydrogen) atoms. The molecule has 1 amide bonds. The van der Waals surface area contributed by atoms with Crippen LogP contribution in [0.4, 0.5) is 17.1 Å². The number of benzene rings is 2. The molecule has 0 spiro atoms. The van der Waals surface area contributed by atoms with Gasteiger partial charge in [-0.15, -0.1) is 0 Å². The molecule has 0 saturated heterocycles. The molecule has 2 rings (SSSR count). The predicted molar refractivity (Wildman–Crippen MR) is 79.8 cm³/mol. The first kappa shape index (κ1) is 13.9. The lowest BCUT2D eigenvalue weighted by Gasteiger charge is -2.14. The van der Waals surface area contributed by atoms with Crippen LogP contribution in [0.1, 0.15) is 15.9 Å². The summed E-state index contributed by atoms with van der Waals surface area (Å²) in [4.78, 5) is 11.2. The van der Waals surface area contributed by atoms with Crippen molar-refractivity contribution in [3.8, 4) is 0 Å². The number of hydrogen-bond donors (Lipinski definition) is 3. The summed E-state index contributed by atoms with van der Waals surface area (Å²) in [6.45, 7) is 0.485. The number of ether oxygens (including phenoxy) is 1. The average Bonchev–Trinajstić information content (AvgIpc) is 2.43.